The van der Waals surface area contributed by atoms with Crippen LogP contribution in [0.15, 0.2) is 12.1 Å². The molecule has 1 fully saturated rings. The van der Waals surface area contributed by atoms with Crippen molar-refractivity contribution in [2.24, 2.45) is 5.84 Å². The molecule has 0 spiro atoms. The van der Waals surface area contributed by atoms with Crippen molar-refractivity contribution in [2.75, 3.05) is 18.6 Å². The number of rotatable bonds is 4. The number of aromatic nitrogens is 1. The Balaban J connectivity index is 2.20. The smallest absolute Gasteiger partial charge is 0.251 e. The molecule has 1 aromatic heterocycles. The van der Waals surface area contributed by atoms with Crippen LogP contribution in [-0.4, -0.2) is 29.6 Å². The molecule has 1 aromatic rings. The largest absolute Gasteiger partial charge is 0.381 e. The van der Waals surface area contributed by atoms with Crippen molar-refractivity contribution >= 4 is 11.7 Å². The minimum atomic E-state index is -0.215. The highest BCUT2D eigenvalue weighted by molar-refractivity contribution is 5.95. The van der Waals surface area contributed by atoms with Gasteiger partial charge in [0.2, 0.25) is 0 Å². The molecule has 1 aliphatic rings. The Labute approximate surface area is 125 Å². The molecule has 0 aliphatic carbocycles. The standard InChI is InChI=1S/C15H24N4O2/c1-10(2)12-8-11(9-13(17-12)19-16)14(20)18-15(3)4-6-21-7-5-15/h8-10H,4-7,16H2,1-3H3,(H,17,19)(H,18,20). The Morgan fingerprint density at radius 1 is 1.38 bits per heavy atom. The van der Waals surface area contributed by atoms with Crippen molar-refractivity contribution in [1.29, 1.82) is 0 Å². The average Bonchev–Trinajstić information content (AvgIpc) is 2.46. The summed E-state index contributed by atoms with van der Waals surface area (Å²) in [7, 11) is 0. The number of hydrogen-bond acceptors (Lipinski definition) is 5. The number of hydrogen-bond donors (Lipinski definition) is 3. The third kappa shape index (κ3) is 3.92. The normalized spacial score (nSPS) is 17.6. The molecule has 0 unspecified atom stereocenters. The number of carbonyl (C=O) groups is 1. The van der Waals surface area contributed by atoms with Crippen molar-refractivity contribution in [3.05, 3.63) is 23.4 Å². The molecule has 4 N–H and O–H groups in total. The van der Waals surface area contributed by atoms with Gasteiger partial charge in [-0.1, -0.05) is 13.8 Å². The number of nitrogen functional groups attached to an aromatic ring is 1. The highest BCUT2D eigenvalue weighted by Crippen LogP contribution is 2.22. The maximum absolute atomic E-state index is 12.5. The van der Waals surface area contributed by atoms with Crippen LogP contribution in [0.2, 0.25) is 0 Å². The van der Waals surface area contributed by atoms with Crippen molar-refractivity contribution in [3.63, 3.8) is 0 Å². The summed E-state index contributed by atoms with van der Waals surface area (Å²) in [5.41, 5.74) is 3.72. The maximum atomic E-state index is 12.5. The lowest BCUT2D eigenvalue weighted by molar-refractivity contribution is 0.0423. The molecule has 1 aliphatic heterocycles. The average molecular weight is 292 g/mol. The summed E-state index contributed by atoms with van der Waals surface area (Å²) in [6, 6.07) is 3.49. The Morgan fingerprint density at radius 2 is 2.05 bits per heavy atom. The van der Waals surface area contributed by atoms with E-state index >= 15 is 0 Å². The first-order valence-electron chi connectivity index (χ1n) is 7.32. The fourth-order valence-corrected chi connectivity index (χ4v) is 2.35. The van der Waals surface area contributed by atoms with Gasteiger partial charge in [0, 0.05) is 30.0 Å². The second-order valence-corrected chi connectivity index (χ2v) is 6.09. The van der Waals surface area contributed by atoms with Crippen LogP contribution in [0, 0.1) is 0 Å². The SMILES string of the molecule is CC(C)c1cc(C(=O)NC2(C)CCOCC2)cc(NN)n1. The summed E-state index contributed by atoms with van der Waals surface area (Å²) in [4.78, 5) is 16.9. The van der Waals surface area contributed by atoms with Crippen molar-refractivity contribution in [2.45, 2.75) is 45.1 Å². The van der Waals surface area contributed by atoms with Gasteiger partial charge >= 0.3 is 0 Å². The lowest BCUT2D eigenvalue weighted by Gasteiger charge is -2.34. The summed E-state index contributed by atoms with van der Waals surface area (Å²) >= 11 is 0. The zero-order valence-corrected chi connectivity index (χ0v) is 12.9. The maximum Gasteiger partial charge on any atom is 0.251 e. The predicted octanol–water partition coefficient (Wildman–Crippen LogP) is 1.79. The van der Waals surface area contributed by atoms with E-state index in [0.29, 0.717) is 24.6 Å². The first-order valence-corrected chi connectivity index (χ1v) is 7.32. The number of amides is 1. The number of nitrogens with one attached hydrogen (secondary N) is 2. The van der Waals surface area contributed by atoms with Crippen molar-refractivity contribution in [3.8, 4) is 0 Å². The van der Waals surface area contributed by atoms with E-state index in [9.17, 15) is 4.79 Å². The fraction of sp³-hybridized carbons (Fsp3) is 0.600. The Bertz CT molecular complexity index is 510. The molecule has 0 saturated carbocycles. The molecule has 1 saturated heterocycles. The number of nitrogens with two attached hydrogens (primary N) is 1. The van der Waals surface area contributed by atoms with E-state index in [4.69, 9.17) is 10.6 Å². The third-order valence-electron chi connectivity index (χ3n) is 3.86. The lowest BCUT2D eigenvalue weighted by Crippen LogP contribution is -2.49. The number of ether oxygens (including phenoxy) is 1. The molecule has 116 valence electrons. The number of nitrogens with zero attached hydrogens (tertiary/aromatic N) is 1. The molecular formula is C15H24N4O2. The molecule has 6 nitrogen and oxygen atoms in total. The molecule has 2 heterocycles. The van der Waals surface area contributed by atoms with E-state index in [1.807, 2.05) is 19.9 Å². The van der Waals surface area contributed by atoms with E-state index in [2.05, 4.69) is 22.7 Å². The molecule has 6 heteroatoms. The molecule has 0 radical (unpaired) electrons. The highest BCUT2D eigenvalue weighted by atomic mass is 16.5. The minimum absolute atomic E-state index is 0.0970. The van der Waals surface area contributed by atoms with Crippen LogP contribution in [0.4, 0.5) is 5.82 Å². The summed E-state index contributed by atoms with van der Waals surface area (Å²) in [6.45, 7) is 7.48. The number of carbonyl (C=O) groups excluding carboxylic acids is 1. The van der Waals surface area contributed by atoms with Crippen LogP contribution in [0.25, 0.3) is 0 Å². The van der Waals surface area contributed by atoms with Crippen LogP contribution in [-0.2, 0) is 4.74 Å². The van der Waals surface area contributed by atoms with Gasteiger partial charge in [0.1, 0.15) is 5.82 Å². The topological polar surface area (TPSA) is 89.3 Å². The predicted molar refractivity (Wildman–Crippen MR) is 82.1 cm³/mol. The van der Waals surface area contributed by atoms with Gasteiger partial charge in [-0.05, 0) is 37.8 Å². The van der Waals surface area contributed by atoms with Gasteiger partial charge < -0.3 is 15.5 Å². The van der Waals surface area contributed by atoms with Gasteiger partial charge in [0.15, 0.2) is 0 Å². The summed E-state index contributed by atoms with van der Waals surface area (Å²) in [5.74, 6) is 6.07. The van der Waals surface area contributed by atoms with Gasteiger partial charge in [-0.25, -0.2) is 10.8 Å². The van der Waals surface area contributed by atoms with Crippen LogP contribution in [0.3, 0.4) is 0 Å². The Kier molecular flexibility index (Phi) is 4.80. The van der Waals surface area contributed by atoms with Gasteiger partial charge in [0.05, 0.1) is 0 Å². The van der Waals surface area contributed by atoms with E-state index < -0.39 is 0 Å². The number of anilines is 1. The summed E-state index contributed by atoms with van der Waals surface area (Å²) < 4.78 is 5.35. The van der Waals surface area contributed by atoms with Gasteiger partial charge in [-0.15, -0.1) is 0 Å². The Morgan fingerprint density at radius 3 is 2.62 bits per heavy atom. The first kappa shape index (κ1) is 15.7. The zero-order valence-electron chi connectivity index (χ0n) is 12.9. The molecule has 0 atom stereocenters. The molecule has 2 rings (SSSR count). The molecule has 0 aromatic carbocycles. The highest BCUT2D eigenvalue weighted by Gasteiger charge is 2.29. The Hall–Kier alpha value is -1.66. The summed E-state index contributed by atoms with van der Waals surface area (Å²) in [5, 5.41) is 3.11. The fourth-order valence-electron chi connectivity index (χ4n) is 2.35. The number of pyridine rings is 1. The van der Waals surface area contributed by atoms with Gasteiger partial charge in [0.25, 0.3) is 5.91 Å². The molecular weight excluding hydrogens is 268 g/mol. The quantitative estimate of drug-likeness (QED) is 0.581. The van der Waals surface area contributed by atoms with Gasteiger partial charge in [-0.2, -0.15) is 0 Å². The van der Waals surface area contributed by atoms with E-state index in [-0.39, 0.29) is 17.4 Å². The monoisotopic (exact) mass is 292 g/mol. The first-order chi connectivity index (χ1) is 9.93. The molecule has 21 heavy (non-hydrogen) atoms. The van der Waals surface area contributed by atoms with Crippen molar-refractivity contribution in [1.82, 2.24) is 10.3 Å². The minimum Gasteiger partial charge on any atom is -0.381 e. The number of hydrazine groups is 1. The second kappa shape index (κ2) is 6.41. The van der Waals surface area contributed by atoms with E-state index in [0.717, 1.165) is 18.5 Å². The van der Waals surface area contributed by atoms with Crippen molar-refractivity contribution < 1.29 is 9.53 Å². The van der Waals surface area contributed by atoms with E-state index in [1.165, 1.54) is 0 Å². The summed E-state index contributed by atoms with van der Waals surface area (Å²) in [6.07, 6.45) is 1.64. The zero-order chi connectivity index (χ0) is 15.5. The molecule has 0 bridgehead atoms. The van der Waals surface area contributed by atoms with Crippen LogP contribution in [0.5, 0.6) is 0 Å². The van der Waals surface area contributed by atoms with Gasteiger partial charge in [-0.3, -0.25) is 4.79 Å². The van der Waals surface area contributed by atoms with Crippen LogP contribution >= 0.6 is 0 Å². The third-order valence-corrected chi connectivity index (χ3v) is 3.86. The van der Waals surface area contributed by atoms with Crippen LogP contribution < -0.4 is 16.6 Å². The van der Waals surface area contributed by atoms with Crippen LogP contribution in [0.1, 0.15) is 55.6 Å². The molecule has 1 amide bonds. The lowest BCUT2D eigenvalue weighted by atomic mass is 9.92. The van der Waals surface area contributed by atoms with E-state index in [1.54, 1.807) is 6.07 Å². The second-order valence-electron chi connectivity index (χ2n) is 6.09.